The Morgan fingerprint density at radius 1 is 1.17 bits per heavy atom. The molecule has 124 valence electrons. The maximum Gasteiger partial charge on any atom is 0.416 e. The van der Waals surface area contributed by atoms with Crippen LogP contribution >= 0.6 is 0 Å². The van der Waals surface area contributed by atoms with Gasteiger partial charge in [0.25, 0.3) is 0 Å². The highest BCUT2D eigenvalue weighted by atomic mass is 32.2. The lowest BCUT2D eigenvalue weighted by molar-refractivity contribution is -0.138. The summed E-state index contributed by atoms with van der Waals surface area (Å²) < 4.78 is 68.0. The standard InChI is InChI=1S/C14H13F3N2O3S/c15-14(16,17)11-4-2-1-3-10(11)7-23(20,21)8-12-18-13(22-19-12)9-5-6-9/h1-4,9H,5-8H2. The van der Waals surface area contributed by atoms with E-state index in [2.05, 4.69) is 10.1 Å². The minimum absolute atomic E-state index is 0.0172. The predicted molar refractivity (Wildman–Crippen MR) is 74.0 cm³/mol. The molecular formula is C14H13F3N2O3S. The molecule has 1 aromatic carbocycles. The van der Waals surface area contributed by atoms with E-state index in [4.69, 9.17) is 4.52 Å². The van der Waals surface area contributed by atoms with Crippen LogP contribution in [0, 0.1) is 0 Å². The molecule has 3 rings (SSSR count). The third-order valence-electron chi connectivity index (χ3n) is 3.46. The molecule has 23 heavy (non-hydrogen) atoms. The van der Waals surface area contributed by atoms with Gasteiger partial charge in [-0.3, -0.25) is 0 Å². The van der Waals surface area contributed by atoms with Gasteiger partial charge in [0, 0.05) is 5.92 Å². The van der Waals surface area contributed by atoms with E-state index in [0.29, 0.717) is 5.89 Å². The Hall–Kier alpha value is -1.90. The third-order valence-corrected chi connectivity index (χ3v) is 4.91. The number of benzene rings is 1. The molecule has 1 fully saturated rings. The van der Waals surface area contributed by atoms with E-state index in [9.17, 15) is 21.6 Å². The summed E-state index contributed by atoms with van der Waals surface area (Å²) in [7, 11) is -3.85. The summed E-state index contributed by atoms with van der Waals surface area (Å²) >= 11 is 0. The van der Waals surface area contributed by atoms with Crippen molar-refractivity contribution in [3.8, 4) is 0 Å². The molecule has 1 aliphatic carbocycles. The summed E-state index contributed by atoms with van der Waals surface area (Å²) in [6.07, 6.45) is -2.75. The van der Waals surface area contributed by atoms with Crippen molar-refractivity contribution in [3.05, 3.63) is 47.1 Å². The summed E-state index contributed by atoms with van der Waals surface area (Å²) in [6, 6.07) is 4.62. The van der Waals surface area contributed by atoms with Gasteiger partial charge in [-0.25, -0.2) is 8.42 Å². The van der Waals surface area contributed by atoms with Gasteiger partial charge in [-0.2, -0.15) is 18.2 Å². The second kappa shape index (κ2) is 5.63. The fourth-order valence-corrected chi connectivity index (χ4v) is 3.57. The maximum absolute atomic E-state index is 12.9. The van der Waals surface area contributed by atoms with E-state index in [-0.39, 0.29) is 17.3 Å². The van der Waals surface area contributed by atoms with Crippen LogP contribution < -0.4 is 0 Å². The SMILES string of the molecule is O=S(=O)(Cc1noc(C2CC2)n1)Cc1ccccc1C(F)(F)F. The fraction of sp³-hybridized carbons (Fsp3) is 0.429. The van der Waals surface area contributed by atoms with E-state index >= 15 is 0 Å². The van der Waals surface area contributed by atoms with Crippen molar-refractivity contribution in [2.45, 2.75) is 36.4 Å². The summed E-state index contributed by atoms with van der Waals surface area (Å²) in [5.41, 5.74) is -1.23. The molecule has 0 unspecified atom stereocenters. The minimum Gasteiger partial charge on any atom is -0.339 e. The summed E-state index contributed by atoms with van der Waals surface area (Å²) in [5, 5.41) is 3.59. The van der Waals surface area contributed by atoms with Gasteiger partial charge >= 0.3 is 6.18 Å². The number of sulfone groups is 1. The number of rotatable bonds is 5. The lowest BCUT2D eigenvalue weighted by Crippen LogP contribution is -2.14. The van der Waals surface area contributed by atoms with Crippen molar-refractivity contribution in [1.29, 1.82) is 0 Å². The summed E-state index contributed by atoms with van der Waals surface area (Å²) in [5.74, 6) is -0.710. The van der Waals surface area contributed by atoms with Crippen molar-refractivity contribution < 1.29 is 26.1 Å². The number of hydrogen-bond donors (Lipinski definition) is 0. The quantitative estimate of drug-likeness (QED) is 0.832. The topological polar surface area (TPSA) is 73.1 Å². The molecule has 0 amide bonds. The van der Waals surface area contributed by atoms with Crippen molar-refractivity contribution in [2.24, 2.45) is 0 Å². The van der Waals surface area contributed by atoms with Gasteiger partial charge in [0.2, 0.25) is 5.89 Å². The first-order chi connectivity index (χ1) is 10.7. The minimum atomic E-state index is -4.60. The van der Waals surface area contributed by atoms with E-state index < -0.39 is 33.1 Å². The van der Waals surface area contributed by atoms with Crippen molar-refractivity contribution in [3.63, 3.8) is 0 Å². The molecule has 0 radical (unpaired) electrons. The van der Waals surface area contributed by atoms with Crippen LogP contribution in [0.2, 0.25) is 0 Å². The van der Waals surface area contributed by atoms with Crippen LogP contribution in [-0.4, -0.2) is 18.6 Å². The predicted octanol–water partition coefficient (Wildman–Crippen LogP) is 3.08. The van der Waals surface area contributed by atoms with Gasteiger partial charge < -0.3 is 4.52 Å². The van der Waals surface area contributed by atoms with E-state index in [0.717, 1.165) is 25.0 Å². The molecule has 9 heteroatoms. The highest BCUT2D eigenvalue weighted by molar-refractivity contribution is 7.89. The van der Waals surface area contributed by atoms with E-state index in [1.54, 1.807) is 0 Å². The lowest BCUT2D eigenvalue weighted by atomic mass is 10.1. The van der Waals surface area contributed by atoms with Crippen LogP contribution in [0.3, 0.4) is 0 Å². The lowest BCUT2D eigenvalue weighted by Gasteiger charge is -2.12. The van der Waals surface area contributed by atoms with Gasteiger partial charge in [0.15, 0.2) is 15.7 Å². The highest BCUT2D eigenvalue weighted by Gasteiger charge is 2.34. The molecule has 1 aromatic heterocycles. The molecule has 0 atom stereocenters. The van der Waals surface area contributed by atoms with E-state index in [1.165, 1.54) is 12.1 Å². The second-order valence-corrected chi connectivity index (χ2v) is 7.57. The zero-order valence-electron chi connectivity index (χ0n) is 11.9. The molecule has 0 N–H and O–H groups in total. The normalized spacial score (nSPS) is 15.8. The van der Waals surface area contributed by atoms with Crippen LogP contribution in [0.1, 0.15) is 41.6 Å². The summed E-state index contributed by atoms with van der Waals surface area (Å²) in [4.78, 5) is 3.99. The van der Waals surface area contributed by atoms with Gasteiger partial charge in [-0.05, 0) is 24.5 Å². The average Bonchev–Trinajstić information content (AvgIpc) is 3.19. The monoisotopic (exact) mass is 346 g/mol. The van der Waals surface area contributed by atoms with Crippen LogP contribution in [0.25, 0.3) is 0 Å². The molecule has 0 aliphatic heterocycles. The van der Waals surface area contributed by atoms with Crippen LogP contribution in [0.4, 0.5) is 13.2 Å². The van der Waals surface area contributed by atoms with Gasteiger partial charge in [-0.1, -0.05) is 23.4 Å². The summed E-state index contributed by atoms with van der Waals surface area (Å²) in [6.45, 7) is 0. The van der Waals surface area contributed by atoms with Crippen LogP contribution in [0.15, 0.2) is 28.8 Å². The average molecular weight is 346 g/mol. The van der Waals surface area contributed by atoms with Gasteiger partial charge in [0.05, 0.1) is 11.3 Å². The molecule has 5 nitrogen and oxygen atoms in total. The molecule has 0 spiro atoms. The van der Waals surface area contributed by atoms with Crippen molar-refractivity contribution in [2.75, 3.05) is 0 Å². The second-order valence-electron chi connectivity index (χ2n) is 5.51. The highest BCUT2D eigenvalue weighted by Crippen LogP contribution is 2.39. The Morgan fingerprint density at radius 2 is 1.87 bits per heavy atom. The Bertz CT molecular complexity index is 811. The molecule has 1 saturated carbocycles. The molecule has 0 bridgehead atoms. The smallest absolute Gasteiger partial charge is 0.339 e. The van der Waals surface area contributed by atoms with Crippen molar-refractivity contribution in [1.82, 2.24) is 10.1 Å². The molecular weight excluding hydrogens is 333 g/mol. The molecule has 1 heterocycles. The number of alkyl halides is 3. The Balaban J connectivity index is 1.78. The van der Waals surface area contributed by atoms with Crippen LogP contribution in [-0.2, 0) is 27.5 Å². The third kappa shape index (κ3) is 3.90. The zero-order chi connectivity index (χ0) is 16.7. The number of nitrogens with zero attached hydrogens (tertiary/aromatic N) is 2. The first-order valence-corrected chi connectivity index (χ1v) is 8.75. The number of aromatic nitrogens is 2. The van der Waals surface area contributed by atoms with Gasteiger partial charge in [-0.15, -0.1) is 0 Å². The van der Waals surface area contributed by atoms with Gasteiger partial charge in [0.1, 0.15) is 5.75 Å². The van der Waals surface area contributed by atoms with Crippen LogP contribution in [0.5, 0.6) is 0 Å². The first-order valence-electron chi connectivity index (χ1n) is 6.92. The Kier molecular flexibility index (Phi) is 3.91. The zero-order valence-corrected chi connectivity index (χ0v) is 12.7. The number of hydrogen-bond acceptors (Lipinski definition) is 5. The van der Waals surface area contributed by atoms with Crippen molar-refractivity contribution >= 4 is 9.84 Å². The Morgan fingerprint density at radius 3 is 2.52 bits per heavy atom. The Labute approximate surface area is 130 Å². The molecule has 2 aromatic rings. The maximum atomic E-state index is 12.9. The van der Waals surface area contributed by atoms with E-state index in [1.807, 2.05) is 0 Å². The number of halogens is 3. The fourth-order valence-electron chi connectivity index (χ4n) is 2.23. The first kappa shape index (κ1) is 16.0. The largest absolute Gasteiger partial charge is 0.416 e. The molecule has 0 saturated heterocycles. The molecule has 1 aliphatic rings.